The van der Waals surface area contributed by atoms with Gasteiger partial charge in [-0.3, -0.25) is 10.1 Å². The molecule has 0 saturated heterocycles. The van der Waals surface area contributed by atoms with E-state index in [0.717, 1.165) is 18.5 Å². The van der Waals surface area contributed by atoms with Gasteiger partial charge in [-0.1, -0.05) is 26.0 Å². The van der Waals surface area contributed by atoms with Crippen molar-refractivity contribution in [2.45, 2.75) is 39.3 Å². The summed E-state index contributed by atoms with van der Waals surface area (Å²) >= 11 is 0. The van der Waals surface area contributed by atoms with Crippen LogP contribution in [0.4, 0.5) is 5.69 Å². The first-order chi connectivity index (χ1) is 9.81. The smallest absolute Gasteiger partial charge is 0.269 e. The molecule has 1 rings (SSSR count). The molecule has 0 spiro atoms. The first-order valence-corrected chi connectivity index (χ1v) is 7.45. The third-order valence-electron chi connectivity index (χ3n) is 3.74. The van der Waals surface area contributed by atoms with E-state index in [9.17, 15) is 10.1 Å². The van der Waals surface area contributed by atoms with Crippen LogP contribution in [-0.4, -0.2) is 36.5 Å². The molecule has 0 aromatic heterocycles. The molecule has 0 aliphatic carbocycles. The van der Waals surface area contributed by atoms with E-state index < -0.39 is 0 Å². The molecule has 5 nitrogen and oxygen atoms in total. The average molecular weight is 293 g/mol. The topological polar surface area (TPSA) is 58.4 Å². The zero-order valence-electron chi connectivity index (χ0n) is 13.7. The lowest BCUT2D eigenvalue weighted by Gasteiger charge is -2.28. The highest BCUT2D eigenvalue weighted by molar-refractivity contribution is 5.34. The Labute approximate surface area is 127 Å². The summed E-state index contributed by atoms with van der Waals surface area (Å²) in [5.74, 6) is 0.661. The van der Waals surface area contributed by atoms with E-state index in [1.165, 1.54) is 0 Å². The number of nitro groups is 1. The van der Waals surface area contributed by atoms with Gasteiger partial charge in [0.15, 0.2) is 0 Å². The normalized spacial score (nSPS) is 14.4. The number of nitrogens with zero attached hydrogens (tertiary/aromatic N) is 2. The predicted octanol–water partition coefficient (Wildman–Crippen LogP) is 3.22. The van der Waals surface area contributed by atoms with Crippen molar-refractivity contribution in [2.24, 2.45) is 5.92 Å². The Bertz CT molecular complexity index is 443. The maximum Gasteiger partial charge on any atom is 0.269 e. The zero-order valence-corrected chi connectivity index (χ0v) is 13.7. The van der Waals surface area contributed by atoms with Gasteiger partial charge < -0.3 is 10.2 Å². The second-order valence-corrected chi connectivity index (χ2v) is 6.23. The van der Waals surface area contributed by atoms with Crippen molar-refractivity contribution < 1.29 is 4.92 Å². The Hall–Kier alpha value is -1.46. The third kappa shape index (κ3) is 5.81. The molecule has 0 saturated carbocycles. The molecule has 0 radical (unpaired) electrons. The number of non-ortho nitro benzene ring substituents is 1. The molecule has 21 heavy (non-hydrogen) atoms. The monoisotopic (exact) mass is 293 g/mol. The molecule has 1 aromatic rings. The van der Waals surface area contributed by atoms with E-state index >= 15 is 0 Å². The molecule has 0 fully saturated rings. The lowest BCUT2D eigenvalue weighted by atomic mass is 10.0. The van der Waals surface area contributed by atoms with Crippen LogP contribution >= 0.6 is 0 Å². The molecule has 0 amide bonds. The largest absolute Gasteiger partial charge is 0.309 e. The Balaban J connectivity index is 2.59. The molecule has 5 heteroatoms. The molecule has 0 heterocycles. The molecule has 1 N–H and O–H groups in total. The molecule has 0 aliphatic heterocycles. The maximum atomic E-state index is 10.7. The van der Waals surface area contributed by atoms with Gasteiger partial charge in [0.1, 0.15) is 0 Å². The van der Waals surface area contributed by atoms with E-state index in [0.29, 0.717) is 12.0 Å². The number of hydrogen-bond donors (Lipinski definition) is 1. The Morgan fingerprint density at radius 1 is 1.19 bits per heavy atom. The fraction of sp³-hybridized carbons (Fsp3) is 0.625. The summed E-state index contributed by atoms with van der Waals surface area (Å²) < 4.78 is 0. The van der Waals surface area contributed by atoms with Crippen LogP contribution in [0.3, 0.4) is 0 Å². The second-order valence-electron chi connectivity index (χ2n) is 6.23. The van der Waals surface area contributed by atoms with E-state index in [1.54, 1.807) is 12.1 Å². The van der Waals surface area contributed by atoms with Crippen LogP contribution in [0.5, 0.6) is 0 Å². The third-order valence-corrected chi connectivity index (χ3v) is 3.74. The van der Waals surface area contributed by atoms with Gasteiger partial charge >= 0.3 is 0 Å². The van der Waals surface area contributed by atoms with Gasteiger partial charge in [0.05, 0.1) is 4.92 Å². The predicted molar refractivity (Wildman–Crippen MR) is 86.4 cm³/mol. The SMILES string of the molecule is CC(C)CC(CNC(C)c1ccc([N+](=O)[O-])cc1)N(C)C. The van der Waals surface area contributed by atoms with Crippen molar-refractivity contribution in [3.63, 3.8) is 0 Å². The minimum Gasteiger partial charge on any atom is -0.309 e. The molecule has 2 atom stereocenters. The lowest BCUT2D eigenvalue weighted by molar-refractivity contribution is -0.384. The highest BCUT2D eigenvalue weighted by Gasteiger charge is 2.15. The highest BCUT2D eigenvalue weighted by Crippen LogP contribution is 2.18. The Kier molecular flexibility index (Phi) is 6.78. The average Bonchev–Trinajstić information content (AvgIpc) is 2.42. The van der Waals surface area contributed by atoms with E-state index in [-0.39, 0.29) is 16.7 Å². The fourth-order valence-electron chi connectivity index (χ4n) is 2.34. The van der Waals surface area contributed by atoms with Crippen molar-refractivity contribution in [1.29, 1.82) is 0 Å². The first-order valence-electron chi connectivity index (χ1n) is 7.45. The van der Waals surface area contributed by atoms with Crippen LogP contribution < -0.4 is 5.32 Å². The van der Waals surface area contributed by atoms with Crippen LogP contribution in [0, 0.1) is 16.0 Å². The zero-order chi connectivity index (χ0) is 16.0. The van der Waals surface area contributed by atoms with E-state index in [4.69, 9.17) is 0 Å². The molecule has 1 aromatic carbocycles. The lowest BCUT2D eigenvalue weighted by Crippen LogP contribution is -2.39. The van der Waals surface area contributed by atoms with Gasteiger partial charge in [-0.25, -0.2) is 0 Å². The van der Waals surface area contributed by atoms with Gasteiger partial charge in [-0.15, -0.1) is 0 Å². The summed E-state index contributed by atoms with van der Waals surface area (Å²) in [7, 11) is 4.20. The summed E-state index contributed by atoms with van der Waals surface area (Å²) in [4.78, 5) is 12.5. The maximum absolute atomic E-state index is 10.7. The van der Waals surface area contributed by atoms with Crippen molar-refractivity contribution >= 4 is 5.69 Å². The standard InChI is InChI=1S/C16H27N3O2/c1-12(2)10-16(18(4)5)11-17-13(3)14-6-8-15(9-7-14)19(20)21/h6-9,12-13,16-17H,10-11H2,1-5H3. The van der Waals surface area contributed by atoms with Crippen molar-refractivity contribution in [2.75, 3.05) is 20.6 Å². The number of nitro benzene ring substituents is 1. The van der Waals surface area contributed by atoms with Crippen molar-refractivity contribution in [1.82, 2.24) is 10.2 Å². The van der Waals surface area contributed by atoms with E-state index in [2.05, 4.69) is 45.1 Å². The minimum atomic E-state index is -0.368. The fourth-order valence-corrected chi connectivity index (χ4v) is 2.34. The van der Waals surface area contributed by atoms with E-state index in [1.807, 2.05) is 12.1 Å². The van der Waals surface area contributed by atoms with Crippen LogP contribution in [0.15, 0.2) is 24.3 Å². The van der Waals surface area contributed by atoms with Crippen LogP contribution in [0.25, 0.3) is 0 Å². The summed E-state index contributed by atoms with van der Waals surface area (Å²) in [6, 6.07) is 7.44. The molecule has 118 valence electrons. The molecular weight excluding hydrogens is 266 g/mol. The van der Waals surface area contributed by atoms with Gasteiger partial charge in [0, 0.05) is 30.8 Å². The first kappa shape index (κ1) is 17.6. The van der Waals surface area contributed by atoms with Gasteiger partial charge in [-0.2, -0.15) is 0 Å². The molecule has 0 aliphatic rings. The van der Waals surface area contributed by atoms with Crippen LogP contribution in [-0.2, 0) is 0 Å². The van der Waals surface area contributed by atoms with Crippen LogP contribution in [0.1, 0.15) is 38.8 Å². The van der Waals surface area contributed by atoms with Crippen molar-refractivity contribution in [3.8, 4) is 0 Å². The molecule has 2 unspecified atom stereocenters. The number of hydrogen-bond acceptors (Lipinski definition) is 4. The van der Waals surface area contributed by atoms with Gasteiger partial charge in [0.2, 0.25) is 0 Å². The number of rotatable bonds is 8. The Morgan fingerprint density at radius 3 is 2.19 bits per heavy atom. The number of nitrogens with one attached hydrogen (secondary N) is 1. The summed E-state index contributed by atoms with van der Waals surface area (Å²) in [6.45, 7) is 7.46. The number of benzene rings is 1. The second kappa shape index (κ2) is 8.10. The van der Waals surface area contributed by atoms with Gasteiger partial charge in [0.25, 0.3) is 5.69 Å². The van der Waals surface area contributed by atoms with Gasteiger partial charge in [-0.05, 0) is 38.9 Å². The summed E-state index contributed by atoms with van der Waals surface area (Å²) in [5, 5.41) is 14.2. The number of likely N-dealkylation sites (N-methyl/N-ethyl adjacent to an activating group) is 1. The molecule has 0 bridgehead atoms. The van der Waals surface area contributed by atoms with Crippen LogP contribution in [0.2, 0.25) is 0 Å². The Morgan fingerprint density at radius 2 is 1.76 bits per heavy atom. The minimum absolute atomic E-state index is 0.136. The van der Waals surface area contributed by atoms with Crippen molar-refractivity contribution in [3.05, 3.63) is 39.9 Å². The summed E-state index contributed by atoms with van der Waals surface area (Å²) in [6.07, 6.45) is 1.15. The quantitative estimate of drug-likeness (QED) is 0.590. The highest BCUT2D eigenvalue weighted by atomic mass is 16.6. The molecular formula is C16H27N3O2. The summed E-state index contributed by atoms with van der Waals surface area (Å²) in [5.41, 5.74) is 1.21.